The molecule has 228 valence electrons. The second-order valence-electron chi connectivity index (χ2n) is 12.8. The zero-order valence-electron chi connectivity index (χ0n) is 25.8. The SMILES string of the molecule is C=CCN1CC[C@@]2(c3cccc(OC(C)=O)c3)C[C@H](N(CC(C)C)C(=O)CCCCCc3ccccc3)CC(O)[C@@H]2C1. The van der Waals surface area contributed by atoms with E-state index in [2.05, 4.69) is 60.6 Å². The minimum Gasteiger partial charge on any atom is -0.427 e. The predicted molar refractivity (Wildman–Crippen MR) is 168 cm³/mol. The van der Waals surface area contributed by atoms with Crippen molar-refractivity contribution < 1.29 is 19.4 Å². The maximum absolute atomic E-state index is 13.8. The molecule has 2 aliphatic rings. The van der Waals surface area contributed by atoms with Gasteiger partial charge in [0.1, 0.15) is 5.75 Å². The van der Waals surface area contributed by atoms with E-state index in [0.717, 1.165) is 63.7 Å². The van der Waals surface area contributed by atoms with Gasteiger partial charge in [-0.3, -0.25) is 14.5 Å². The molecule has 4 rings (SSSR count). The van der Waals surface area contributed by atoms with E-state index < -0.39 is 6.10 Å². The summed E-state index contributed by atoms with van der Waals surface area (Å²) in [6.07, 6.45) is 8.20. The minimum absolute atomic E-state index is 0.0176. The largest absolute Gasteiger partial charge is 0.427 e. The van der Waals surface area contributed by atoms with Gasteiger partial charge in [0.05, 0.1) is 6.10 Å². The molecule has 1 saturated carbocycles. The lowest BCUT2D eigenvalue weighted by molar-refractivity contribution is -0.139. The number of aliphatic hydroxyl groups is 1. The summed E-state index contributed by atoms with van der Waals surface area (Å²) in [5.41, 5.74) is 2.12. The molecule has 6 heteroatoms. The Morgan fingerprint density at radius 3 is 2.64 bits per heavy atom. The number of unbranched alkanes of at least 4 members (excludes halogenated alkanes) is 2. The van der Waals surface area contributed by atoms with Gasteiger partial charge in [0, 0.05) is 50.4 Å². The van der Waals surface area contributed by atoms with Crippen LogP contribution in [0, 0.1) is 11.8 Å². The number of aryl methyl sites for hydroxylation is 1. The highest BCUT2D eigenvalue weighted by Gasteiger charge is 2.53. The van der Waals surface area contributed by atoms with Crippen LogP contribution < -0.4 is 4.74 Å². The van der Waals surface area contributed by atoms with Crippen molar-refractivity contribution >= 4 is 11.9 Å². The number of esters is 1. The highest BCUT2D eigenvalue weighted by atomic mass is 16.5. The molecule has 0 bridgehead atoms. The van der Waals surface area contributed by atoms with Gasteiger partial charge in [0.25, 0.3) is 0 Å². The van der Waals surface area contributed by atoms with Gasteiger partial charge in [-0.15, -0.1) is 6.58 Å². The summed E-state index contributed by atoms with van der Waals surface area (Å²) in [7, 11) is 0. The molecular formula is C36H50N2O4. The number of likely N-dealkylation sites (tertiary alicyclic amines) is 1. The summed E-state index contributed by atoms with van der Waals surface area (Å²) in [5.74, 6) is 0.737. The Morgan fingerprint density at radius 2 is 1.93 bits per heavy atom. The Bertz CT molecular complexity index is 1180. The van der Waals surface area contributed by atoms with Crippen molar-refractivity contribution in [3.8, 4) is 5.75 Å². The molecule has 1 aliphatic heterocycles. The molecule has 1 saturated heterocycles. The van der Waals surface area contributed by atoms with Crippen LogP contribution in [-0.4, -0.2) is 65.1 Å². The molecule has 6 nitrogen and oxygen atoms in total. The molecule has 1 aliphatic carbocycles. The molecule has 4 atom stereocenters. The highest BCUT2D eigenvalue weighted by molar-refractivity contribution is 5.76. The number of aliphatic hydroxyl groups excluding tert-OH is 1. The van der Waals surface area contributed by atoms with Crippen LogP contribution in [0.25, 0.3) is 0 Å². The first-order valence-corrected chi connectivity index (χ1v) is 15.9. The molecule has 1 amide bonds. The number of ether oxygens (including phenoxy) is 1. The quantitative estimate of drug-likeness (QED) is 0.134. The van der Waals surface area contributed by atoms with Crippen LogP contribution in [0.5, 0.6) is 5.75 Å². The number of amides is 1. The van der Waals surface area contributed by atoms with E-state index in [-0.39, 0.29) is 29.3 Å². The van der Waals surface area contributed by atoms with Crippen LogP contribution in [0.2, 0.25) is 0 Å². The minimum atomic E-state index is -0.540. The maximum Gasteiger partial charge on any atom is 0.308 e. The summed E-state index contributed by atoms with van der Waals surface area (Å²) in [5, 5.41) is 11.7. The Balaban J connectivity index is 1.53. The van der Waals surface area contributed by atoms with Crippen molar-refractivity contribution in [3.05, 3.63) is 78.4 Å². The number of carbonyl (C=O) groups excluding carboxylic acids is 2. The van der Waals surface area contributed by atoms with E-state index >= 15 is 0 Å². The van der Waals surface area contributed by atoms with Crippen LogP contribution >= 0.6 is 0 Å². The molecule has 42 heavy (non-hydrogen) atoms. The van der Waals surface area contributed by atoms with E-state index in [4.69, 9.17) is 4.74 Å². The van der Waals surface area contributed by atoms with Gasteiger partial charge in [-0.1, -0.05) is 68.8 Å². The Morgan fingerprint density at radius 1 is 1.14 bits per heavy atom. The van der Waals surface area contributed by atoms with Crippen molar-refractivity contribution in [2.24, 2.45) is 11.8 Å². The first-order chi connectivity index (χ1) is 20.2. The second kappa shape index (κ2) is 15.0. The monoisotopic (exact) mass is 574 g/mol. The molecule has 0 aromatic heterocycles. The number of nitrogens with zero attached hydrogens (tertiary/aromatic N) is 2. The predicted octanol–water partition coefficient (Wildman–Crippen LogP) is 6.17. The third-order valence-corrected chi connectivity index (χ3v) is 9.20. The molecular weight excluding hydrogens is 524 g/mol. The summed E-state index contributed by atoms with van der Waals surface area (Å²) in [6.45, 7) is 12.8. The Labute approximate surface area is 252 Å². The van der Waals surface area contributed by atoms with Crippen molar-refractivity contribution in [3.63, 3.8) is 0 Å². The van der Waals surface area contributed by atoms with Gasteiger partial charge in [-0.05, 0) is 74.2 Å². The number of carbonyl (C=O) groups is 2. The summed E-state index contributed by atoms with van der Waals surface area (Å²) in [4.78, 5) is 30.0. The number of fused-ring (bicyclic) bond motifs is 1. The fourth-order valence-corrected chi connectivity index (χ4v) is 7.29. The molecule has 0 spiro atoms. The summed E-state index contributed by atoms with van der Waals surface area (Å²) >= 11 is 0. The van der Waals surface area contributed by atoms with Crippen LogP contribution in [-0.2, 0) is 21.4 Å². The van der Waals surface area contributed by atoms with E-state index in [1.807, 2.05) is 30.3 Å². The Kier molecular flexibility index (Phi) is 11.4. The highest BCUT2D eigenvalue weighted by Crippen LogP contribution is 2.51. The third kappa shape index (κ3) is 8.11. The zero-order valence-corrected chi connectivity index (χ0v) is 25.8. The number of hydrogen-bond acceptors (Lipinski definition) is 5. The first-order valence-electron chi connectivity index (χ1n) is 15.9. The van der Waals surface area contributed by atoms with Gasteiger partial charge in [0.2, 0.25) is 5.91 Å². The van der Waals surface area contributed by atoms with Gasteiger partial charge < -0.3 is 14.7 Å². The van der Waals surface area contributed by atoms with Crippen LogP contribution in [0.1, 0.15) is 76.8 Å². The van der Waals surface area contributed by atoms with Gasteiger partial charge in [-0.2, -0.15) is 0 Å². The lowest BCUT2D eigenvalue weighted by Gasteiger charge is -2.56. The van der Waals surface area contributed by atoms with Crippen LogP contribution in [0.3, 0.4) is 0 Å². The lowest BCUT2D eigenvalue weighted by atomic mass is 9.56. The summed E-state index contributed by atoms with van der Waals surface area (Å²) < 4.78 is 5.48. The zero-order chi connectivity index (χ0) is 30.1. The van der Waals surface area contributed by atoms with Gasteiger partial charge in [0.15, 0.2) is 0 Å². The van der Waals surface area contributed by atoms with Crippen molar-refractivity contribution in [2.45, 2.75) is 89.7 Å². The first kappa shape index (κ1) is 32.0. The number of rotatable bonds is 13. The van der Waals surface area contributed by atoms with Gasteiger partial charge in [-0.25, -0.2) is 0 Å². The average Bonchev–Trinajstić information content (AvgIpc) is 2.96. The normalized spacial score (nSPS) is 24.2. The molecule has 2 aromatic carbocycles. The fourth-order valence-electron chi connectivity index (χ4n) is 7.29. The molecule has 2 aromatic rings. The number of benzene rings is 2. The standard InChI is InChI=1S/C36H50N2O4/c1-5-20-37-21-19-36(30-16-12-17-32(22-30)42-28(4)39)24-31(23-34(40)33(36)26-37)38(25-27(2)3)35(41)18-11-7-10-15-29-13-8-6-9-14-29/h5-6,8-9,12-14,16-17,22,27,31,33-34,40H,1,7,10-11,15,18-21,23-26H2,2-4H3/t31-,33+,34?,36+/m1/s1. The summed E-state index contributed by atoms with van der Waals surface area (Å²) in [6, 6.07) is 18.3. The lowest BCUT2D eigenvalue weighted by Crippen LogP contribution is -2.61. The molecule has 0 radical (unpaired) electrons. The topological polar surface area (TPSA) is 70.1 Å². The third-order valence-electron chi connectivity index (χ3n) is 9.20. The van der Waals surface area contributed by atoms with Crippen molar-refractivity contribution in [1.29, 1.82) is 0 Å². The van der Waals surface area contributed by atoms with Crippen molar-refractivity contribution in [2.75, 3.05) is 26.2 Å². The number of hydrogen-bond donors (Lipinski definition) is 1. The van der Waals surface area contributed by atoms with Crippen molar-refractivity contribution in [1.82, 2.24) is 9.80 Å². The van der Waals surface area contributed by atoms with E-state index in [1.165, 1.54) is 12.5 Å². The second-order valence-corrected chi connectivity index (χ2v) is 12.8. The van der Waals surface area contributed by atoms with Gasteiger partial charge >= 0.3 is 5.97 Å². The van der Waals surface area contributed by atoms with Crippen LogP contribution in [0.4, 0.5) is 0 Å². The molecule has 1 N–H and O–H groups in total. The van der Waals surface area contributed by atoms with E-state index in [9.17, 15) is 14.7 Å². The van der Waals surface area contributed by atoms with E-state index in [0.29, 0.717) is 31.1 Å². The molecule has 2 fully saturated rings. The number of piperidine rings is 1. The maximum atomic E-state index is 13.8. The average molecular weight is 575 g/mol. The molecule has 1 heterocycles. The Hall–Kier alpha value is -2.96. The van der Waals surface area contributed by atoms with E-state index in [1.54, 1.807) is 0 Å². The van der Waals surface area contributed by atoms with Crippen LogP contribution in [0.15, 0.2) is 67.3 Å². The fraction of sp³-hybridized carbons (Fsp3) is 0.556. The molecule has 1 unspecified atom stereocenters. The smallest absolute Gasteiger partial charge is 0.308 e.